The molecule has 1 unspecified atom stereocenters. The summed E-state index contributed by atoms with van der Waals surface area (Å²) in [6.07, 6.45) is 40.4. The van der Waals surface area contributed by atoms with Crippen molar-refractivity contribution in [1.29, 1.82) is 0 Å². The number of hydrogen-bond acceptors (Lipinski definition) is 4. The number of carbonyl (C=O) groups excluding carboxylic acids is 2. The molecule has 0 radical (unpaired) electrons. The van der Waals surface area contributed by atoms with E-state index in [1.54, 1.807) is 0 Å². The number of carboxylic acids is 1. The van der Waals surface area contributed by atoms with Gasteiger partial charge in [-0.25, -0.2) is 0 Å². The molecule has 0 aliphatic carbocycles. The summed E-state index contributed by atoms with van der Waals surface area (Å²) in [6, 6.07) is 0. The number of carboxylic acid groups (broad SMARTS) is 1. The molecule has 0 saturated carbocycles. The molecule has 0 aliphatic rings. The third-order valence-corrected chi connectivity index (χ3v) is 8.94. The summed E-state index contributed by atoms with van der Waals surface area (Å²) in [5.41, 5.74) is 0. The highest BCUT2D eigenvalue weighted by atomic mass is 16.5. The van der Waals surface area contributed by atoms with Crippen LogP contribution < -0.4 is 5.32 Å². The van der Waals surface area contributed by atoms with E-state index < -0.39 is 5.97 Å². The molecule has 0 aromatic rings. The Morgan fingerprint density at radius 1 is 0.543 bits per heavy atom. The predicted octanol–water partition coefficient (Wildman–Crippen LogP) is 11.8. The second kappa shape index (κ2) is 36.0. The number of nitrogens with one attached hydrogen (secondary N) is 1. The molecule has 0 aliphatic heterocycles. The lowest BCUT2D eigenvalue weighted by Gasteiger charge is -2.18. The Hall–Kier alpha value is -1.85. The monoisotopic (exact) mass is 650 g/mol. The molecular weight excluding hydrogens is 574 g/mol. The van der Waals surface area contributed by atoms with Crippen molar-refractivity contribution in [2.24, 2.45) is 0 Å². The minimum atomic E-state index is -1.02. The van der Waals surface area contributed by atoms with Crippen LogP contribution in [0.15, 0.2) is 12.2 Å². The molecule has 0 saturated heterocycles. The average molecular weight is 650 g/mol. The number of ether oxygens (including phenoxy) is 1. The van der Waals surface area contributed by atoms with Crippen molar-refractivity contribution >= 4 is 17.8 Å². The molecule has 6 nitrogen and oxygen atoms in total. The summed E-state index contributed by atoms with van der Waals surface area (Å²) in [5.74, 6) is -1.24. The maximum Gasteiger partial charge on any atom is 0.322 e. The van der Waals surface area contributed by atoms with Crippen LogP contribution in [0.4, 0.5) is 0 Å². The number of allylic oxidation sites excluding steroid dienone is 2. The van der Waals surface area contributed by atoms with Crippen LogP contribution in [0, 0.1) is 0 Å². The van der Waals surface area contributed by atoms with Crippen molar-refractivity contribution in [3.63, 3.8) is 0 Å². The molecule has 0 rings (SSSR count). The zero-order chi connectivity index (χ0) is 33.8. The number of aliphatic carboxylic acids is 1. The predicted molar refractivity (Wildman–Crippen MR) is 194 cm³/mol. The summed E-state index contributed by atoms with van der Waals surface area (Å²) in [5, 5.41) is 11.1. The van der Waals surface area contributed by atoms with Gasteiger partial charge in [0.05, 0.1) is 0 Å². The number of rotatable bonds is 36. The first kappa shape index (κ1) is 44.1. The lowest BCUT2D eigenvalue weighted by molar-refractivity contribution is -0.150. The van der Waals surface area contributed by atoms with Gasteiger partial charge >= 0.3 is 11.9 Å². The zero-order valence-electron chi connectivity index (χ0n) is 30.4. The molecule has 0 heterocycles. The standard InChI is InChI=1S/C40H75NO5/c1-3-5-7-9-11-13-15-16-18-19-21-24-28-32-37(33-29-25-23-26-30-34-38(42)41-36-39(43)44)46-40(45)35-31-27-22-20-17-14-12-10-8-6-4-2/h19,21,37H,3-18,20,22-36H2,1-2H3,(H,41,42)(H,43,44)/b21-19-. The number of hydrogen-bond donors (Lipinski definition) is 2. The molecule has 0 fully saturated rings. The van der Waals surface area contributed by atoms with Crippen LogP contribution >= 0.6 is 0 Å². The maximum atomic E-state index is 12.7. The van der Waals surface area contributed by atoms with Gasteiger partial charge in [0.25, 0.3) is 0 Å². The van der Waals surface area contributed by atoms with E-state index in [0.29, 0.717) is 12.8 Å². The highest BCUT2D eigenvalue weighted by Crippen LogP contribution is 2.18. The topological polar surface area (TPSA) is 92.7 Å². The van der Waals surface area contributed by atoms with E-state index in [1.165, 1.54) is 116 Å². The number of amides is 1. The van der Waals surface area contributed by atoms with Gasteiger partial charge < -0.3 is 15.2 Å². The van der Waals surface area contributed by atoms with E-state index in [-0.39, 0.29) is 24.5 Å². The van der Waals surface area contributed by atoms with E-state index in [0.717, 1.165) is 70.6 Å². The van der Waals surface area contributed by atoms with Crippen molar-refractivity contribution in [2.75, 3.05) is 6.54 Å². The van der Waals surface area contributed by atoms with Gasteiger partial charge in [-0.15, -0.1) is 0 Å². The van der Waals surface area contributed by atoms with E-state index in [1.807, 2.05) is 0 Å². The fourth-order valence-electron chi connectivity index (χ4n) is 5.99. The summed E-state index contributed by atoms with van der Waals surface area (Å²) >= 11 is 0. The SMILES string of the molecule is CCCCCCCCCC/C=C\CCCC(CCCCCCCC(=O)NCC(=O)O)OC(=O)CCCCCCCCCCCCC. The molecule has 2 N–H and O–H groups in total. The van der Waals surface area contributed by atoms with Crippen molar-refractivity contribution in [1.82, 2.24) is 5.32 Å². The summed E-state index contributed by atoms with van der Waals surface area (Å²) in [6.45, 7) is 4.22. The Morgan fingerprint density at radius 3 is 1.48 bits per heavy atom. The normalized spacial score (nSPS) is 12.0. The number of esters is 1. The van der Waals surface area contributed by atoms with Crippen LogP contribution in [0.5, 0.6) is 0 Å². The second-order valence-corrected chi connectivity index (χ2v) is 13.5. The summed E-state index contributed by atoms with van der Waals surface area (Å²) < 4.78 is 5.99. The van der Waals surface area contributed by atoms with Gasteiger partial charge in [0, 0.05) is 12.8 Å². The molecule has 1 atom stereocenters. The number of unbranched alkanes of at least 4 members (excludes halogenated alkanes) is 23. The van der Waals surface area contributed by atoms with Gasteiger partial charge in [-0.3, -0.25) is 14.4 Å². The van der Waals surface area contributed by atoms with E-state index in [4.69, 9.17) is 9.84 Å². The second-order valence-electron chi connectivity index (χ2n) is 13.5. The fraction of sp³-hybridized carbons (Fsp3) is 0.875. The van der Waals surface area contributed by atoms with E-state index in [2.05, 4.69) is 31.3 Å². The molecule has 0 aromatic carbocycles. The Balaban J connectivity index is 4.21. The van der Waals surface area contributed by atoms with Crippen molar-refractivity contribution < 1.29 is 24.2 Å². The molecule has 6 heteroatoms. The van der Waals surface area contributed by atoms with Gasteiger partial charge in [0.15, 0.2) is 0 Å². The molecule has 46 heavy (non-hydrogen) atoms. The lowest BCUT2D eigenvalue weighted by atomic mass is 10.0. The van der Waals surface area contributed by atoms with Crippen molar-refractivity contribution in [2.45, 2.75) is 219 Å². The highest BCUT2D eigenvalue weighted by molar-refractivity contribution is 5.80. The van der Waals surface area contributed by atoms with Crippen LogP contribution in [-0.4, -0.2) is 35.6 Å². The minimum absolute atomic E-state index is 0.00288. The summed E-state index contributed by atoms with van der Waals surface area (Å²) in [4.78, 5) is 34.9. The molecule has 270 valence electrons. The number of carbonyl (C=O) groups is 3. The average Bonchev–Trinajstić information content (AvgIpc) is 3.04. The van der Waals surface area contributed by atoms with Crippen LogP contribution in [0.2, 0.25) is 0 Å². The van der Waals surface area contributed by atoms with Crippen LogP contribution in [0.25, 0.3) is 0 Å². The van der Waals surface area contributed by atoms with Crippen molar-refractivity contribution in [3.05, 3.63) is 12.2 Å². The largest absolute Gasteiger partial charge is 0.480 e. The van der Waals surface area contributed by atoms with Crippen molar-refractivity contribution in [3.8, 4) is 0 Å². The molecule has 0 spiro atoms. The molecule has 0 aromatic heterocycles. The van der Waals surface area contributed by atoms with E-state index >= 15 is 0 Å². The molecular formula is C40H75NO5. The van der Waals surface area contributed by atoms with Gasteiger partial charge in [-0.1, -0.05) is 154 Å². The van der Waals surface area contributed by atoms with Gasteiger partial charge in [0.2, 0.25) is 5.91 Å². The van der Waals surface area contributed by atoms with Gasteiger partial charge in [0.1, 0.15) is 12.6 Å². The van der Waals surface area contributed by atoms with Crippen LogP contribution in [-0.2, 0) is 19.1 Å². The lowest BCUT2D eigenvalue weighted by Crippen LogP contribution is -2.28. The first-order valence-corrected chi connectivity index (χ1v) is 19.8. The fourth-order valence-corrected chi connectivity index (χ4v) is 5.99. The van der Waals surface area contributed by atoms with Gasteiger partial charge in [-0.05, 0) is 57.8 Å². The minimum Gasteiger partial charge on any atom is -0.480 e. The smallest absolute Gasteiger partial charge is 0.322 e. The quantitative estimate of drug-likeness (QED) is 0.0400. The Morgan fingerprint density at radius 2 is 0.957 bits per heavy atom. The third-order valence-electron chi connectivity index (χ3n) is 8.94. The molecule has 1 amide bonds. The van der Waals surface area contributed by atoms with Gasteiger partial charge in [-0.2, -0.15) is 0 Å². The van der Waals surface area contributed by atoms with Crippen LogP contribution in [0.1, 0.15) is 213 Å². The first-order chi connectivity index (χ1) is 22.5. The van der Waals surface area contributed by atoms with E-state index in [9.17, 15) is 14.4 Å². The molecule has 0 bridgehead atoms. The first-order valence-electron chi connectivity index (χ1n) is 19.8. The summed E-state index contributed by atoms with van der Waals surface area (Å²) in [7, 11) is 0. The zero-order valence-corrected chi connectivity index (χ0v) is 30.4. The highest BCUT2D eigenvalue weighted by Gasteiger charge is 2.14. The third kappa shape index (κ3) is 35.0. The Kier molecular flexibility index (Phi) is 34.5. The maximum absolute atomic E-state index is 12.7. The Bertz CT molecular complexity index is 722. The van der Waals surface area contributed by atoms with Crippen LogP contribution in [0.3, 0.4) is 0 Å². The Labute approximate surface area is 284 Å².